The highest BCUT2D eigenvalue weighted by Crippen LogP contribution is 2.42. The van der Waals surface area contributed by atoms with E-state index in [0.717, 1.165) is 11.1 Å². The van der Waals surface area contributed by atoms with Crippen molar-refractivity contribution in [2.75, 3.05) is 0 Å². The topological polar surface area (TPSA) is 93.5 Å². The van der Waals surface area contributed by atoms with Crippen molar-refractivity contribution in [3.63, 3.8) is 0 Å². The molecule has 6 atom stereocenters. The van der Waals surface area contributed by atoms with E-state index in [9.17, 15) is 4.79 Å². The van der Waals surface area contributed by atoms with E-state index in [0.29, 0.717) is 19.6 Å². The van der Waals surface area contributed by atoms with Gasteiger partial charge in [0, 0.05) is 10.8 Å². The third-order valence-electron chi connectivity index (χ3n) is 5.86. The molecule has 7 nitrogen and oxygen atoms in total. The first kappa shape index (κ1) is 20.6. The number of rotatable bonds is 8. The Kier molecular flexibility index (Phi) is 6.45. The fourth-order valence-corrected chi connectivity index (χ4v) is 4.37. The Labute approximate surface area is 175 Å². The number of carbonyl (C=O) groups is 1. The number of hydrogen-bond acceptors (Lipinski definition) is 5. The standard InChI is InChI=1S/C23H25N3O4/c1-15(27)18-12-19-20(25-26-24)22(28-13-16-8-4-2-5-9-16)23(21(18)30-19)29-14-17-10-6-3-7-11-17/h2-11,18-23H,12-14H2,1H3/t18-,19?,20+,21?,22+,23+/m1/s1. The molecule has 0 amide bonds. The van der Waals surface area contributed by atoms with E-state index >= 15 is 0 Å². The minimum atomic E-state index is -0.555. The third-order valence-corrected chi connectivity index (χ3v) is 5.86. The number of azide groups is 1. The van der Waals surface area contributed by atoms with Crippen molar-refractivity contribution in [1.29, 1.82) is 0 Å². The quantitative estimate of drug-likeness (QED) is 0.372. The number of fused-ring (bicyclic) bond motifs is 2. The number of Topliss-reactive ketones (excluding diaryl/α,β-unsaturated/α-hetero) is 1. The lowest BCUT2D eigenvalue weighted by atomic mass is 9.93. The van der Waals surface area contributed by atoms with E-state index < -0.39 is 24.4 Å². The van der Waals surface area contributed by atoms with Crippen molar-refractivity contribution in [2.45, 2.75) is 57.0 Å². The van der Waals surface area contributed by atoms with Crippen LogP contribution in [0.4, 0.5) is 0 Å². The monoisotopic (exact) mass is 407 g/mol. The molecular formula is C23H25N3O4. The Hall–Kier alpha value is -2.70. The second kappa shape index (κ2) is 9.41. The Morgan fingerprint density at radius 3 is 2.13 bits per heavy atom. The fourth-order valence-electron chi connectivity index (χ4n) is 4.37. The molecular weight excluding hydrogens is 382 g/mol. The van der Waals surface area contributed by atoms with Crippen molar-refractivity contribution >= 4 is 5.78 Å². The predicted octanol–water partition coefficient (Wildman–Crippen LogP) is 4.21. The maximum absolute atomic E-state index is 12.3. The van der Waals surface area contributed by atoms with Crippen LogP contribution in [0.5, 0.6) is 0 Å². The molecule has 2 heterocycles. The Bertz CT molecular complexity index is 901. The summed E-state index contributed by atoms with van der Waals surface area (Å²) in [7, 11) is 0. The van der Waals surface area contributed by atoms with Crippen LogP contribution in [-0.2, 0) is 32.2 Å². The van der Waals surface area contributed by atoms with Crippen LogP contribution in [-0.4, -0.2) is 36.2 Å². The SMILES string of the molecule is CC(=O)[C@H]1CC2OC1[C@H](OCc1ccccc1)[C@@H](OCc1ccccc1)[C@H]2N=[N+]=[N-]. The van der Waals surface area contributed by atoms with Gasteiger partial charge in [-0.05, 0) is 30.0 Å². The Balaban J connectivity index is 1.60. The van der Waals surface area contributed by atoms with Gasteiger partial charge < -0.3 is 14.2 Å². The van der Waals surface area contributed by atoms with Crippen molar-refractivity contribution < 1.29 is 19.0 Å². The number of ether oxygens (including phenoxy) is 3. The average molecular weight is 407 g/mol. The molecule has 0 radical (unpaired) electrons. The summed E-state index contributed by atoms with van der Waals surface area (Å²) in [4.78, 5) is 15.3. The van der Waals surface area contributed by atoms with Crippen LogP contribution in [0.2, 0.25) is 0 Å². The lowest BCUT2D eigenvalue weighted by Gasteiger charge is -2.41. The van der Waals surface area contributed by atoms with E-state index in [-0.39, 0.29) is 17.8 Å². The lowest BCUT2D eigenvalue weighted by Crippen LogP contribution is -2.55. The summed E-state index contributed by atoms with van der Waals surface area (Å²) in [6.45, 7) is 2.29. The van der Waals surface area contributed by atoms with Gasteiger partial charge in [0.25, 0.3) is 0 Å². The molecule has 0 spiro atoms. The highest BCUT2D eigenvalue weighted by atomic mass is 16.6. The van der Waals surface area contributed by atoms with Gasteiger partial charge in [0.1, 0.15) is 11.9 Å². The Morgan fingerprint density at radius 2 is 1.60 bits per heavy atom. The molecule has 2 saturated heterocycles. The minimum Gasteiger partial charge on any atom is -0.371 e. The van der Waals surface area contributed by atoms with Crippen LogP contribution < -0.4 is 0 Å². The van der Waals surface area contributed by atoms with Gasteiger partial charge in [-0.3, -0.25) is 4.79 Å². The largest absolute Gasteiger partial charge is 0.371 e. The number of carbonyl (C=O) groups excluding carboxylic acids is 1. The first-order valence-corrected chi connectivity index (χ1v) is 10.2. The summed E-state index contributed by atoms with van der Waals surface area (Å²) in [5.41, 5.74) is 11.2. The molecule has 0 N–H and O–H groups in total. The van der Waals surface area contributed by atoms with Gasteiger partial charge in [-0.25, -0.2) is 0 Å². The van der Waals surface area contributed by atoms with Crippen LogP contribution in [0.15, 0.2) is 65.8 Å². The average Bonchev–Trinajstić information content (AvgIpc) is 3.16. The Morgan fingerprint density at radius 1 is 1.03 bits per heavy atom. The second-order valence-electron chi connectivity index (χ2n) is 7.81. The fraction of sp³-hybridized carbons (Fsp3) is 0.435. The van der Waals surface area contributed by atoms with Crippen LogP contribution in [0.3, 0.4) is 0 Å². The first-order valence-electron chi connectivity index (χ1n) is 10.2. The van der Waals surface area contributed by atoms with Crippen molar-refractivity contribution in [1.82, 2.24) is 0 Å². The van der Waals surface area contributed by atoms with Gasteiger partial charge in [0.05, 0.1) is 37.6 Å². The highest BCUT2D eigenvalue weighted by Gasteiger charge is 2.56. The van der Waals surface area contributed by atoms with E-state index in [1.165, 1.54) is 0 Å². The van der Waals surface area contributed by atoms with E-state index in [1.54, 1.807) is 6.92 Å². The van der Waals surface area contributed by atoms with E-state index in [2.05, 4.69) is 10.0 Å². The molecule has 0 saturated carbocycles. The van der Waals surface area contributed by atoms with Gasteiger partial charge in [-0.2, -0.15) is 0 Å². The normalized spacial score (nSPS) is 29.9. The summed E-state index contributed by atoms with van der Waals surface area (Å²) < 4.78 is 18.7. The number of benzene rings is 2. The second-order valence-corrected chi connectivity index (χ2v) is 7.81. The summed E-state index contributed by atoms with van der Waals surface area (Å²) in [5, 5.41) is 3.99. The molecule has 30 heavy (non-hydrogen) atoms. The zero-order valence-electron chi connectivity index (χ0n) is 16.8. The van der Waals surface area contributed by atoms with Crippen LogP contribution in [0.1, 0.15) is 24.5 Å². The molecule has 2 fully saturated rings. The molecule has 2 bridgehead atoms. The molecule has 2 aliphatic heterocycles. The third kappa shape index (κ3) is 4.40. The molecule has 7 heteroatoms. The number of nitrogens with zero attached hydrogens (tertiary/aromatic N) is 3. The minimum absolute atomic E-state index is 0.0548. The van der Waals surface area contributed by atoms with Gasteiger partial charge in [-0.1, -0.05) is 65.8 Å². The molecule has 2 aromatic rings. The molecule has 2 unspecified atom stereocenters. The summed E-state index contributed by atoms with van der Waals surface area (Å²) in [5.74, 6) is -0.239. The molecule has 156 valence electrons. The van der Waals surface area contributed by atoms with Crippen molar-refractivity contribution in [3.05, 3.63) is 82.2 Å². The van der Waals surface area contributed by atoms with Gasteiger partial charge >= 0.3 is 0 Å². The molecule has 4 rings (SSSR count). The zero-order chi connectivity index (χ0) is 20.9. The van der Waals surface area contributed by atoms with Crippen LogP contribution in [0, 0.1) is 5.92 Å². The number of hydrogen-bond donors (Lipinski definition) is 0. The smallest absolute Gasteiger partial charge is 0.135 e. The summed E-state index contributed by atoms with van der Waals surface area (Å²) in [6.07, 6.45) is -1.27. The zero-order valence-corrected chi connectivity index (χ0v) is 16.8. The lowest BCUT2D eigenvalue weighted by molar-refractivity contribution is -0.198. The van der Waals surface area contributed by atoms with Crippen LogP contribution >= 0.6 is 0 Å². The maximum atomic E-state index is 12.3. The first-order chi connectivity index (χ1) is 14.7. The molecule has 2 aliphatic rings. The molecule has 0 aromatic heterocycles. The predicted molar refractivity (Wildman–Crippen MR) is 110 cm³/mol. The molecule has 2 aromatic carbocycles. The van der Waals surface area contributed by atoms with Gasteiger partial charge in [-0.15, -0.1) is 0 Å². The van der Waals surface area contributed by atoms with Crippen molar-refractivity contribution in [2.24, 2.45) is 11.0 Å². The number of ketones is 1. The highest BCUT2D eigenvalue weighted by molar-refractivity contribution is 5.79. The van der Waals surface area contributed by atoms with Crippen molar-refractivity contribution in [3.8, 4) is 0 Å². The molecule has 0 aliphatic carbocycles. The summed E-state index contributed by atoms with van der Waals surface area (Å²) in [6, 6.07) is 19.1. The van der Waals surface area contributed by atoms with E-state index in [1.807, 2.05) is 60.7 Å². The summed E-state index contributed by atoms with van der Waals surface area (Å²) >= 11 is 0. The maximum Gasteiger partial charge on any atom is 0.135 e. The van der Waals surface area contributed by atoms with Gasteiger partial charge in [0.15, 0.2) is 0 Å². The van der Waals surface area contributed by atoms with Gasteiger partial charge in [0.2, 0.25) is 0 Å². The van der Waals surface area contributed by atoms with Crippen LogP contribution in [0.25, 0.3) is 10.4 Å². The van der Waals surface area contributed by atoms with E-state index in [4.69, 9.17) is 19.7 Å².